The van der Waals surface area contributed by atoms with Gasteiger partial charge in [-0.1, -0.05) is 100 Å². The molecule has 0 amide bonds. The van der Waals surface area contributed by atoms with Crippen molar-refractivity contribution in [1.82, 2.24) is 4.98 Å². The van der Waals surface area contributed by atoms with Crippen molar-refractivity contribution in [2.24, 2.45) is 0 Å². The molecule has 152 valence electrons. The summed E-state index contributed by atoms with van der Waals surface area (Å²) >= 11 is 0. The van der Waals surface area contributed by atoms with Gasteiger partial charge >= 0.3 is 0 Å². The first kappa shape index (κ1) is 21.5. The predicted molar refractivity (Wildman–Crippen MR) is 131 cm³/mol. The first-order valence-corrected chi connectivity index (χ1v) is 14.6. The molecule has 29 heavy (non-hydrogen) atoms. The second-order valence-electron chi connectivity index (χ2n) is 9.13. The van der Waals surface area contributed by atoms with E-state index in [-0.39, 0.29) is 0 Å². The molecular weight excluding hydrogens is 366 g/mol. The molecule has 2 aromatic carbocycles. The lowest BCUT2D eigenvalue weighted by molar-refractivity contribution is 0.666. The Bertz CT molecular complexity index is 921. The van der Waals surface area contributed by atoms with E-state index in [1.165, 1.54) is 59.5 Å². The molecule has 0 N–H and O–H groups in total. The average molecular weight is 402 g/mol. The summed E-state index contributed by atoms with van der Waals surface area (Å²) in [4.78, 5) is 4.96. The maximum Gasteiger partial charge on any atom is 0.0799 e. The van der Waals surface area contributed by atoms with Crippen molar-refractivity contribution in [3.63, 3.8) is 0 Å². The van der Waals surface area contributed by atoms with Crippen LogP contribution < -0.4 is 5.19 Å². The van der Waals surface area contributed by atoms with Gasteiger partial charge < -0.3 is 0 Å². The molecule has 3 rings (SSSR count). The van der Waals surface area contributed by atoms with Crippen LogP contribution in [0.1, 0.15) is 43.7 Å². The number of nitrogens with zero attached hydrogens (tertiary/aromatic N) is 1. The van der Waals surface area contributed by atoms with Crippen LogP contribution in [0.3, 0.4) is 0 Å². The molecule has 1 nitrogen and oxygen atoms in total. The minimum absolute atomic E-state index is 1.15. The Morgan fingerprint density at radius 3 is 2.00 bits per heavy atom. The summed E-state index contributed by atoms with van der Waals surface area (Å²) in [6, 6.07) is 19.5. The van der Waals surface area contributed by atoms with Crippen molar-refractivity contribution in [3.05, 3.63) is 71.9 Å². The van der Waals surface area contributed by atoms with Crippen LogP contribution in [0.2, 0.25) is 19.6 Å². The molecule has 1 heterocycles. The molecule has 0 spiro atoms. The third-order valence-corrected chi connectivity index (χ3v) is 7.86. The van der Waals surface area contributed by atoms with E-state index in [1.807, 2.05) is 0 Å². The van der Waals surface area contributed by atoms with E-state index in [4.69, 9.17) is 4.98 Å². The van der Waals surface area contributed by atoms with Crippen molar-refractivity contribution in [2.45, 2.75) is 65.6 Å². The van der Waals surface area contributed by atoms with E-state index in [2.05, 4.69) is 94.3 Å². The van der Waals surface area contributed by atoms with Crippen molar-refractivity contribution in [3.8, 4) is 22.4 Å². The highest BCUT2D eigenvalue weighted by atomic mass is 28.3. The van der Waals surface area contributed by atoms with Gasteiger partial charge in [0, 0.05) is 11.8 Å². The second-order valence-corrected chi connectivity index (χ2v) is 14.2. The van der Waals surface area contributed by atoms with E-state index >= 15 is 0 Å². The van der Waals surface area contributed by atoms with Crippen LogP contribution in [0.15, 0.2) is 60.8 Å². The normalized spacial score (nSPS) is 11.6. The highest BCUT2D eigenvalue weighted by Crippen LogP contribution is 2.28. The van der Waals surface area contributed by atoms with E-state index in [0.717, 1.165) is 5.69 Å². The van der Waals surface area contributed by atoms with E-state index in [9.17, 15) is 0 Å². The number of rotatable bonds is 8. The Hall–Kier alpha value is -2.19. The van der Waals surface area contributed by atoms with E-state index in [1.54, 1.807) is 5.56 Å². The van der Waals surface area contributed by atoms with E-state index in [0.29, 0.717) is 0 Å². The van der Waals surface area contributed by atoms with Crippen LogP contribution in [-0.4, -0.2) is 13.1 Å². The Balaban J connectivity index is 1.95. The molecule has 2 heteroatoms. The highest BCUT2D eigenvalue weighted by Gasteiger charge is 2.23. The van der Waals surface area contributed by atoms with Crippen LogP contribution in [0.25, 0.3) is 22.4 Å². The first-order valence-electron chi connectivity index (χ1n) is 11.1. The Kier molecular flexibility index (Phi) is 7.08. The minimum atomic E-state index is -1.42. The van der Waals surface area contributed by atoms with Gasteiger partial charge in [0.15, 0.2) is 0 Å². The van der Waals surface area contributed by atoms with Gasteiger partial charge in [0.05, 0.1) is 13.8 Å². The molecule has 0 aliphatic heterocycles. The first-order chi connectivity index (χ1) is 13.9. The van der Waals surface area contributed by atoms with Crippen LogP contribution >= 0.6 is 0 Å². The molecule has 0 unspecified atom stereocenters. The largest absolute Gasteiger partial charge is 0.256 e. The molecule has 1 aromatic heterocycles. The SMILES string of the molecule is CCCCCCc1c([Si](C)(C)C)cnc(-c2ccc(-c3ccccc3)cc2)c1C. The summed E-state index contributed by atoms with van der Waals surface area (Å²) in [6.45, 7) is 11.9. The van der Waals surface area contributed by atoms with Crippen LogP contribution in [0.5, 0.6) is 0 Å². The number of hydrogen-bond acceptors (Lipinski definition) is 1. The van der Waals surface area contributed by atoms with Crippen molar-refractivity contribution >= 4 is 13.3 Å². The average Bonchev–Trinajstić information content (AvgIpc) is 2.72. The lowest BCUT2D eigenvalue weighted by atomic mass is 9.96. The number of pyridine rings is 1. The summed E-state index contributed by atoms with van der Waals surface area (Å²) in [5, 5.41) is 1.54. The van der Waals surface area contributed by atoms with Gasteiger partial charge in [-0.3, -0.25) is 4.98 Å². The predicted octanol–water partition coefficient (Wildman–Crippen LogP) is 7.39. The van der Waals surface area contributed by atoms with Crippen molar-refractivity contribution in [2.75, 3.05) is 0 Å². The number of aromatic nitrogens is 1. The van der Waals surface area contributed by atoms with Gasteiger partial charge in [-0.05, 0) is 47.2 Å². The van der Waals surface area contributed by atoms with Gasteiger partial charge in [-0.25, -0.2) is 0 Å². The number of hydrogen-bond donors (Lipinski definition) is 0. The summed E-state index contributed by atoms with van der Waals surface area (Å²) in [6.07, 6.45) is 8.60. The molecular formula is C27H35NSi. The molecule has 0 aliphatic rings. The lowest BCUT2D eigenvalue weighted by Gasteiger charge is -2.24. The van der Waals surface area contributed by atoms with Crippen molar-refractivity contribution in [1.29, 1.82) is 0 Å². The van der Waals surface area contributed by atoms with Gasteiger partial charge in [0.1, 0.15) is 0 Å². The van der Waals surface area contributed by atoms with E-state index < -0.39 is 8.07 Å². The maximum absolute atomic E-state index is 4.96. The fourth-order valence-electron chi connectivity index (χ4n) is 4.09. The monoisotopic (exact) mass is 401 g/mol. The Morgan fingerprint density at radius 1 is 0.759 bits per heavy atom. The fraction of sp³-hybridized carbons (Fsp3) is 0.370. The molecule has 0 saturated heterocycles. The molecule has 0 aliphatic carbocycles. The standard InChI is InChI=1S/C27H35NSi/c1-6-7-8-12-15-25-21(2)27(28-20-26(25)29(3,4)5)24-18-16-23(17-19-24)22-13-10-9-11-14-22/h9-11,13-14,16-20H,6-8,12,15H2,1-5H3. The smallest absolute Gasteiger partial charge is 0.0799 e. The zero-order valence-electron chi connectivity index (χ0n) is 18.8. The number of unbranched alkanes of at least 4 members (excludes halogenated alkanes) is 3. The third kappa shape index (κ3) is 5.25. The van der Waals surface area contributed by atoms with Crippen LogP contribution in [-0.2, 0) is 6.42 Å². The third-order valence-electron chi connectivity index (χ3n) is 5.81. The molecule has 0 bridgehead atoms. The lowest BCUT2D eigenvalue weighted by Crippen LogP contribution is -2.41. The molecule has 0 radical (unpaired) electrons. The zero-order valence-corrected chi connectivity index (χ0v) is 19.8. The van der Waals surface area contributed by atoms with Gasteiger partial charge in [-0.15, -0.1) is 0 Å². The van der Waals surface area contributed by atoms with Crippen LogP contribution in [0, 0.1) is 6.92 Å². The van der Waals surface area contributed by atoms with Gasteiger partial charge in [-0.2, -0.15) is 0 Å². The molecule has 3 aromatic rings. The summed E-state index contributed by atoms with van der Waals surface area (Å²) < 4.78 is 0. The Labute approximate surface area is 178 Å². The zero-order chi connectivity index (χ0) is 20.9. The second kappa shape index (κ2) is 9.54. The summed E-state index contributed by atoms with van der Waals surface area (Å²) in [5.41, 5.74) is 7.84. The van der Waals surface area contributed by atoms with Gasteiger partial charge in [0.25, 0.3) is 0 Å². The fourth-order valence-corrected chi connectivity index (χ4v) is 5.76. The molecule has 0 atom stereocenters. The summed E-state index contributed by atoms with van der Waals surface area (Å²) in [5.74, 6) is 0. The number of benzene rings is 2. The minimum Gasteiger partial charge on any atom is -0.256 e. The molecule has 0 saturated carbocycles. The van der Waals surface area contributed by atoms with Crippen molar-refractivity contribution < 1.29 is 0 Å². The summed E-state index contributed by atoms with van der Waals surface area (Å²) in [7, 11) is -1.42. The molecule has 0 fully saturated rings. The Morgan fingerprint density at radius 2 is 1.38 bits per heavy atom. The topological polar surface area (TPSA) is 12.9 Å². The maximum atomic E-state index is 4.96. The van der Waals surface area contributed by atoms with Crippen LogP contribution in [0.4, 0.5) is 0 Å². The quantitative estimate of drug-likeness (QED) is 0.283. The van der Waals surface area contributed by atoms with Gasteiger partial charge in [0.2, 0.25) is 0 Å². The highest BCUT2D eigenvalue weighted by molar-refractivity contribution is 6.89.